The zero-order valence-corrected chi connectivity index (χ0v) is 12.9. The van der Waals surface area contributed by atoms with Gasteiger partial charge in [0.25, 0.3) is 0 Å². The van der Waals surface area contributed by atoms with Crippen molar-refractivity contribution in [3.05, 3.63) is 35.4 Å². The van der Waals surface area contributed by atoms with Crippen LogP contribution >= 0.6 is 0 Å². The Morgan fingerprint density at radius 1 is 1.43 bits per heavy atom. The Morgan fingerprint density at radius 2 is 2.05 bits per heavy atom. The van der Waals surface area contributed by atoms with Crippen LogP contribution in [0.15, 0.2) is 34.7 Å². The van der Waals surface area contributed by atoms with Crippen molar-refractivity contribution >= 4 is 22.1 Å². The van der Waals surface area contributed by atoms with Gasteiger partial charge >= 0.3 is 10.2 Å². The number of nitriles is 1. The molecule has 0 aliphatic rings. The lowest BCUT2D eigenvalue weighted by Gasteiger charge is -2.19. The molecule has 0 fully saturated rings. The van der Waals surface area contributed by atoms with Crippen molar-refractivity contribution in [2.75, 3.05) is 0 Å². The van der Waals surface area contributed by atoms with E-state index in [2.05, 4.69) is 0 Å². The van der Waals surface area contributed by atoms with E-state index in [1.165, 1.54) is 18.2 Å². The van der Waals surface area contributed by atoms with Crippen LogP contribution in [0.3, 0.4) is 0 Å². The van der Waals surface area contributed by atoms with Crippen molar-refractivity contribution in [1.82, 2.24) is 0 Å². The first kappa shape index (κ1) is 17.1. The normalized spacial score (nSPS) is 12.8. The predicted octanol–water partition coefficient (Wildman–Crippen LogP) is 3.26. The largest absolute Gasteiger partial charge is 0.332 e. The number of nitrogens with zero attached hydrogens (tertiary/aromatic N) is 1. The number of benzene rings is 1. The SMILES string of the molecule is CCC(C)(C)C(=O)/C(C#N)=C/c1cccc(S(=O)(=O)F)c1. The Kier molecular flexibility index (Phi) is 5.02. The summed E-state index contributed by atoms with van der Waals surface area (Å²) in [7, 11) is -4.82. The minimum atomic E-state index is -4.82. The van der Waals surface area contributed by atoms with Gasteiger partial charge < -0.3 is 0 Å². The number of hydrogen-bond acceptors (Lipinski definition) is 4. The maximum absolute atomic E-state index is 12.9. The molecule has 0 aliphatic heterocycles. The number of Topliss-reactive ketones (excluding diaryl/α,β-unsaturated/α-hetero) is 1. The third-order valence-electron chi connectivity index (χ3n) is 3.31. The molecule has 0 N–H and O–H groups in total. The minimum Gasteiger partial charge on any atom is -0.293 e. The van der Waals surface area contributed by atoms with Gasteiger partial charge in [0.15, 0.2) is 5.78 Å². The zero-order valence-electron chi connectivity index (χ0n) is 12.1. The van der Waals surface area contributed by atoms with Gasteiger partial charge in [0.05, 0.1) is 10.5 Å². The van der Waals surface area contributed by atoms with E-state index in [1.54, 1.807) is 13.8 Å². The summed E-state index contributed by atoms with van der Waals surface area (Å²) in [4.78, 5) is 11.7. The highest BCUT2D eigenvalue weighted by molar-refractivity contribution is 7.86. The predicted molar refractivity (Wildman–Crippen MR) is 77.4 cm³/mol. The molecular weight excluding hydrogens is 293 g/mol. The average Bonchev–Trinajstić information content (AvgIpc) is 2.43. The summed E-state index contributed by atoms with van der Waals surface area (Å²) < 4.78 is 34.7. The number of ketones is 1. The quantitative estimate of drug-likeness (QED) is 0.475. The molecule has 1 aromatic carbocycles. The molecule has 1 aromatic rings. The van der Waals surface area contributed by atoms with Crippen LogP contribution in [0.5, 0.6) is 0 Å². The van der Waals surface area contributed by atoms with E-state index in [9.17, 15) is 17.1 Å². The molecule has 4 nitrogen and oxygen atoms in total. The maximum Gasteiger partial charge on any atom is 0.332 e. The summed E-state index contributed by atoms with van der Waals surface area (Å²) in [5.74, 6) is -0.332. The standard InChI is InChI=1S/C15H16FNO3S/c1-4-15(2,3)14(18)12(10-17)8-11-6-5-7-13(9-11)21(16,19)20/h5-9H,4H2,1-3H3/b12-8+. The monoisotopic (exact) mass is 309 g/mol. The molecule has 1 rings (SSSR count). The van der Waals surface area contributed by atoms with E-state index in [1.807, 2.05) is 13.0 Å². The fourth-order valence-electron chi connectivity index (χ4n) is 1.60. The van der Waals surface area contributed by atoms with E-state index in [4.69, 9.17) is 5.26 Å². The van der Waals surface area contributed by atoms with Gasteiger partial charge in [-0.05, 0) is 30.2 Å². The lowest BCUT2D eigenvalue weighted by atomic mass is 9.81. The van der Waals surface area contributed by atoms with Gasteiger partial charge in [-0.15, -0.1) is 3.89 Å². The van der Waals surface area contributed by atoms with E-state index in [0.717, 1.165) is 12.1 Å². The molecule has 0 atom stereocenters. The van der Waals surface area contributed by atoms with Crippen molar-refractivity contribution in [1.29, 1.82) is 5.26 Å². The van der Waals surface area contributed by atoms with Crippen LogP contribution < -0.4 is 0 Å². The highest BCUT2D eigenvalue weighted by atomic mass is 32.3. The lowest BCUT2D eigenvalue weighted by Crippen LogP contribution is -2.24. The maximum atomic E-state index is 12.9. The van der Waals surface area contributed by atoms with Crippen molar-refractivity contribution < 1.29 is 17.1 Å². The van der Waals surface area contributed by atoms with Gasteiger partial charge in [0.1, 0.15) is 6.07 Å². The first-order valence-corrected chi connectivity index (χ1v) is 7.71. The smallest absolute Gasteiger partial charge is 0.293 e. The Hall–Kier alpha value is -2.00. The van der Waals surface area contributed by atoms with Crippen LogP contribution in [0.2, 0.25) is 0 Å². The van der Waals surface area contributed by atoms with Gasteiger partial charge in [0.2, 0.25) is 0 Å². The second-order valence-electron chi connectivity index (χ2n) is 5.25. The highest BCUT2D eigenvalue weighted by Gasteiger charge is 2.28. The molecule has 0 aliphatic carbocycles. The van der Waals surface area contributed by atoms with Crippen LogP contribution in [-0.2, 0) is 15.0 Å². The number of halogens is 1. The van der Waals surface area contributed by atoms with Gasteiger partial charge in [-0.1, -0.05) is 32.9 Å². The van der Waals surface area contributed by atoms with Crippen LogP contribution in [0, 0.1) is 16.7 Å². The van der Waals surface area contributed by atoms with Crippen LogP contribution in [0.25, 0.3) is 6.08 Å². The number of carbonyl (C=O) groups excluding carboxylic acids is 1. The summed E-state index contributed by atoms with van der Waals surface area (Å²) in [6.07, 6.45) is 1.83. The summed E-state index contributed by atoms with van der Waals surface area (Å²) in [5.41, 5.74) is -0.494. The molecule has 0 amide bonds. The highest BCUT2D eigenvalue weighted by Crippen LogP contribution is 2.26. The molecule has 0 heterocycles. The molecule has 0 aromatic heterocycles. The fraction of sp³-hybridized carbons (Fsp3) is 0.333. The van der Waals surface area contributed by atoms with Crippen molar-refractivity contribution in [3.8, 4) is 6.07 Å². The van der Waals surface area contributed by atoms with Crippen LogP contribution in [0.1, 0.15) is 32.8 Å². The molecule has 0 saturated carbocycles. The van der Waals surface area contributed by atoms with Crippen LogP contribution in [-0.4, -0.2) is 14.2 Å². The van der Waals surface area contributed by atoms with Crippen molar-refractivity contribution in [2.45, 2.75) is 32.1 Å². The number of allylic oxidation sites excluding steroid dienone is 1. The number of hydrogen-bond donors (Lipinski definition) is 0. The van der Waals surface area contributed by atoms with Gasteiger partial charge in [-0.3, -0.25) is 4.79 Å². The van der Waals surface area contributed by atoms with Gasteiger partial charge in [-0.25, -0.2) is 0 Å². The second-order valence-corrected chi connectivity index (χ2v) is 6.59. The van der Waals surface area contributed by atoms with Gasteiger partial charge in [-0.2, -0.15) is 13.7 Å². The average molecular weight is 309 g/mol. The first-order valence-electron chi connectivity index (χ1n) is 6.33. The van der Waals surface area contributed by atoms with Crippen molar-refractivity contribution in [2.24, 2.45) is 5.41 Å². The molecular formula is C15H16FNO3S. The number of rotatable bonds is 5. The third kappa shape index (κ3) is 4.23. The molecule has 21 heavy (non-hydrogen) atoms. The molecule has 6 heteroatoms. The van der Waals surface area contributed by atoms with Crippen LogP contribution in [0.4, 0.5) is 3.89 Å². The Balaban J connectivity index is 3.29. The summed E-state index contributed by atoms with van der Waals surface area (Å²) in [6.45, 7) is 5.29. The summed E-state index contributed by atoms with van der Waals surface area (Å²) in [6, 6.07) is 6.86. The Bertz CT molecular complexity index is 728. The third-order valence-corrected chi connectivity index (χ3v) is 4.13. The fourth-order valence-corrected chi connectivity index (χ4v) is 2.11. The molecule has 112 valence electrons. The molecule has 0 bridgehead atoms. The molecule has 0 radical (unpaired) electrons. The van der Waals surface area contributed by atoms with Crippen molar-refractivity contribution in [3.63, 3.8) is 0 Å². The Morgan fingerprint density at radius 3 is 2.52 bits per heavy atom. The van der Waals surface area contributed by atoms with E-state index >= 15 is 0 Å². The van der Waals surface area contributed by atoms with Gasteiger partial charge in [0, 0.05) is 5.41 Å². The summed E-state index contributed by atoms with van der Waals surface area (Å²) >= 11 is 0. The second kappa shape index (κ2) is 6.19. The van der Waals surface area contributed by atoms with E-state index < -0.39 is 20.5 Å². The first-order chi connectivity index (χ1) is 9.61. The summed E-state index contributed by atoms with van der Waals surface area (Å²) in [5, 5.41) is 9.11. The minimum absolute atomic E-state index is 0.0877. The molecule has 0 spiro atoms. The Labute approximate surface area is 124 Å². The topological polar surface area (TPSA) is 75.0 Å². The van der Waals surface area contributed by atoms with E-state index in [0.29, 0.717) is 6.42 Å². The number of carbonyl (C=O) groups is 1. The molecule has 0 saturated heterocycles. The van der Waals surface area contributed by atoms with E-state index in [-0.39, 0.29) is 16.9 Å². The lowest BCUT2D eigenvalue weighted by molar-refractivity contribution is -0.122. The molecule has 0 unspecified atom stereocenters. The zero-order chi connectivity index (χ0) is 16.3.